The molecule has 3 heteroatoms. The van der Waals surface area contributed by atoms with Crippen LogP contribution in [0.2, 0.25) is 5.02 Å². The van der Waals surface area contributed by atoms with Gasteiger partial charge in [0.1, 0.15) is 0 Å². The molecule has 0 radical (unpaired) electrons. The first kappa shape index (κ1) is 12.5. The van der Waals surface area contributed by atoms with Crippen LogP contribution in [0.1, 0.15) is 25.0 Å². The largest absolute Gasteiger partial charge is 0.392 e. The molecule has 1 aliphatic rings. The monoisotopic (exact) mass is 273 g/mol. The summed E-state index contributed by atoms with van der Waals surface area (Å²) in [7, 11) is 0. The second-order valence-corrected chi connectivity index (χ2v) is 5.68. The lowest BCUT2D eigenvalue weighted by atomic mass is 9.69. The van der Waals surface area contributed by atoms with E-state index in [-0.39, 0.29) is 0 Å². The van der Waals surface area contributed by atoms with Gasteiger partial charge < -0.3 is 10.4 Å². The van der Waals surface area contributed by atoms with Gasteiger partial charge in [0.05, 0.1) is 6.10 Å². The maximum absolute atomic E-state index is 10.3. The van der Waals surface area contributed by atoms with E-state index in [9.17, 15) is 5.11 Å². The lowest BCUT2D eigenvalue weighted by Gasteiger charge is -2.40. The molecular formula is C16H16ClNO. The molecule has 0 aromatic heterocycles. The zero-order valence-corrected chi connectivity index (χ0v) is 11.7. The van der Waals surface area contributed by atoms with E-state index in [1.165, 1.54) is 0 Å². The molecule has 0 amide bonds. The van der Waals surface area contributed by atoms with Crippen LogP contribution in [0.4, 0.5) is 11.4 Å². The molecule has 2 unspecified atom stereocenters. The summed E-state index contributed by atoms with van der Waals surface area (Å²) in [6.45, 7) is 3.89. The Labute approximate surface area is 118 Å². The Morgan fingerprint density at radius 2 is 1.79 bits per heavy atom. The van der Waals surface area contributed by atoms with Crippen LogP contribution in [0, 0.1) is 0 Å². The Hall–Kier alpha value is -1.51. The smallest absolute Gasteiger partial charge is 0.0648 e. The number of rotatable bonds is 1. The number of hydrogen-bond acceptors (Lipinski definition) is 2. The van der Waals surface area contributed by atoms with Gasteiger partial charge in [0, 0.05) is 21.8 Å². The fourth-order valence-corrected chi connectivity index (χ4v) is 3.01. The van der Waals surface area contributed by atoms with Crippen LogP contribution in [0.3, 0.4) is 0 Å². The second-order valence-electron chi connectivity index (χ2n) is 5.24. The SMILES string of the molecule is CC(O)C1(C)c2ccccc2Nc2ccc(Cl)cc21. The number of anilines is 2. The Bertz CT molecular complexity index is 638. The van der Waals surface area contributed by atoms with Crippen molar-refractivity contribution in [1.29, 1.82) is 0 Å². The molecule has 0 bridgehead atoms. The molecule has 2 aromatic rings. The molecule has 19 heavy (non-hydrogen) atoms. The highest BCUT2D eigenvalue weighted by Gasteiger charge is 2.40. The molecule has 0 aliphatic carbocycles. The Morgan fingerprint density at radius 3 is 2.53 bits per heavy atom. The molecule has 0 saturated heterocycles. The molecule has 2 nitrogen and oxygen atoms in total. The zero-order valence-electron chi connectivity index (χ0n) is 10.9. The van der Waals surface area contributed by atoms with E-state index in [0.29, 0.717) is 5.02 Å². The first-order chi connectivity index (χ1) is 9.03. The van der Waals surface area contributed by atoms with Gasteiger partial charge in [0.15, 0.2) is 0 Å². The summed E-state index contributed by atoms with van der Waals surface area (Å²) in [6, 6.07) is 13.9. The van der Waals surface area contributed by atoms with Crippen molar-refractivity contribution in [3.05, 3.63) is 58.6 Å². The average molecular weight is 274 g/mol. The third kappa shape index (κ3) is 1.75. The van der Waals surface area contributed by atoms with Gasteiger partial charge in [0.2, 0.25) is 0 Å². The predicted octanol–water partition coefficient (Wildman–Crippen LogP) is 4.08. The van der Waals surface area contributed by atoms with Crippen molar-refractivity contribution in [2.45, 2.75) is 25.4 Å². The van der Waals surface area contributed by atoms with Crippen LogP contribution in [0.15, 0.2) is 42.5 Å². The number of aliphatic hydroxyl groups excluding tert-OH is 1. The summed E-state index contributed by atoms with van der Waals surface area (Å²) in [5, 5.41) is 14.4. The van der Waals surface area contributed by atoms with Crippen molar-refractivity contribution in [3.8, 4) is 0 Å². The van der Waals surface area contributed by atoms with E-state index >= 15 is 0 Å². The second kappa shape index (κ2) is 4.26. The van der Waals surface area contributed by atoms with Gasteiger partial charge in [-0.05, 0) is 49.2 Å². The fraction of sp³-hybridized carbons (Fsp3) is 0.250. The van der Waals surface area contributed by atoms with Crippen LogP contribution >= 0.6 is 11.6 Å². The molecule has 1 aliphatic heterocycles. The van der Waals surface area contributed by atoms with Crippen LogP contribution in [-0.4, -0.2) is 11.2 Å². The van der Waals surface area contributed by atoms with E-state index in [1.807, 2.05) is 43.3 Å². The number of hydrogen-bond donors (Lipinski definition) is 2. The fourth-order valence-electron chi connectivity index (χ4n) is 2.84. The molecule has 2 aromatic carbocycles. The van der Waals surface area contributed by atoms with Crippen LogP contribution < -0.4 is 5.32 Å². The van der Waals surface area contributed by atoms with Gasteiger partial charge in [-0.2, -0.15) is 0 Å². The number of para-hydroxylation sites is 1. The molecule has 0 spiro atoms. The van der Waals surface area contributed by atoms with E-state index in [0.717, 1.165) is 22.5 Å². The molecule has 2 N–H and O–H groups in total. The summed E-state index contributed by atoms with van der Waals surface area (Å²) in [6.07, 6.45) is -0.507. The molecule has 98 valence electrons. The van der Waals surface area contributed by atoms with Gasteiger partial charge in [-0.3, -0.25) is 0 Å². The number of fused-ring (bicyclic) bond motifs is 2. The van der Waals surface area contributed by atoms with Gasteiger partial charge in [0.25, 0.3) is 0 Å². The van der Waals surface area contributed by atoms with Gasteiger partial charge >= 0.3 is 0 Å². The normalized spacial score (nSPS) is 22.1. The molecule has 3 rings (SSSR count). The highest BCUT2D eigenvalue weighted by Crippen LogP contribution is 2.47. The van der Waals surface area contributed by atoms with Crippen molar-refractivity contribution in [2.75, 3.05) is 5.32 Å². The maximum Gasteiger partial charge on any atom is 0.0648 e. The quantitative estimate of drug-likeness (QED) is 0.820. The minimum Gasteiger partial charge on any atom is -0.392 e. The summed E-state index contributed by atoms with van der Waals surface area (Å²) < 4.78 is 0. The lowest BCUT2D eigenvalue weighted by molar-refractivity contribution is 0.129. The highest BCUT2D eigenvalue weighted by atomic mass is 35.5. The minimum absolute atomic E-state index is 0.456. The molecule has 2 atom stereocenters. The average Bonchev–Trinajstić information content (AvgIpc) is 2.40. The van der Waals surface area contributed by atoms with Gasteiger partial charge in [-0.25, -0.2) is 0 Å². The number of nitrogens with one attached hydrogen (secondary N) is 1. The Balaban J connectivity index is 2.31. The Morgan fingerprint density at radius 1 is 1.11 bits per heavy atom. The van der Waals surface area contributed by atoms with Crippen molar-refractivity contribution < 1.29 is 5.11 Å². The van der Waals surface area contributed by atoms with Crippen molar-refractivity contribution in [2.24, 2.45) is 0 Å². The Kier molecular flexibility index (Phi) is 2.80. The minimum atomic E-state index is -0.507. The summed E-state index contributed by atoms with van der Waals surface area (Å²) in [5.74, 6) is 0. The number of benzene rings is 2. The van der Waals surface area contributed by atoms with Crippen molar-refractivity contribution in [1.82, 2.24) is 0 Å². The predicted molar refractivity (Wildman–Crippen MR) is 79.3 cm³/mol. The topological polar surface area (TPSA) is 32.3 Å². The van der Waals surface area contributed by atoms with E-state index < -0.39 is 11.5 Å². The van der Waals surface area contributed by atoms with Crippen LogP contribution in [-0.2, 0) is 5.41 Å². The first-order valence-electron chi connectivity index (χ1n) is 6.38. The van der Waals surface area contributed by atoms with Gasteiger partial charge in [-0.15, -0.1) is 0 Å². The molecule has 0 saturated carbocycles. The van der Waals surface area contributed by atoms with Crippen LogP contribution in [0.5, 0.6) is 0 Å². The zero-order chi connectivity index (χ0) is 13.6. The lowest BCUT2D eigenvalue weighted by Crippen LogP contribution is -2.39. The van der Waals surface area contributed by atoms with Crippen molar-refractivity contribution >= 4 is 23.0 Å². The third-order valence-corrected chi connectivity index (χ3v) is 4.37. The highest BCUT2D eigenvalue weighted by molar-refractivity contribution is 6.30. The molecule has 0 fully saturated rings. The first-order valence-corrected chi connectivity index (χ1v) is 6.76. The van der Waals surface area contributed by atoms with Crippen molar-refractivity contribution in [3.63, 3.8) is 0 Å². The van der Waals surface area contributed by atoms with Crippen LogP contribution in [0.25, 0.3) is 0 Å². The summed E-state index contributed by atoms with van der Waals surface area (Å²) >= 11 is 6.13. The third-order valence-electron chi connectivity index (χ3n) is 4.13. The summed E-state index contributed by atoms with van der Waals surface area (Å²) in [4.78, 5) is 0. The molecular weight excluding hydrogens is 258 g/mol. The van der Waals surface area contributed by atoms with Gasteiger partial charge in [-0.1, -0.05) is 29.8 Å². The summed E-state index contributed by atoms with van der Waals surface area (Å²) in [5.41, 5.74) is 3.72. The standard InChI is InChI=1S/C16H16ClNO/c1-10(19)16(2)12-5-3-4-6-14(12)18-15-8-7-11(17)9-13(15)16/h3-10,18-19H,1-2H3. The molecule has 1 heterocycles. The number of aliphatic hydroxyl groups is 1. The van der Waals surface area contributed by atoms with E-state index in [1.54, 1.807) is 0 Å². The number of halogens is 1. The van der Waals surface area contributed by atoms with E-state index in [2.05, 4.69) is 18.3 Å². The maximum atomic E-state index is 10.3. The van der Waals surface area contributed by atoms with E-state index in [4.69, 9.17) is 11.6 Å².